The summed E-state index contributed by atoms with van der Waals surface area (Å²) in [5.74, 6) is 1.21. The number of hydrogen-bond acceptors (Lipinski definition) is 3. The van der Waals surface area contributed by atoms with Gasteiger partial charge < -0.3 is 20.1 Å². The molecule has 0 unspecified atom stereocenters. The Morgan fingerprint density at radius 3 is 2.54 bits per heavy atom. The van der Waals surface area contributed by atoms with E-state index >= 15 is 0 Å². The van der Waals surface area contributed by atoms with Crippen molar-refractivity contribution in [3.63, 3.8) is 0 Å². The Bertz CT molecular complexity index is 743. The summed E-state index contributed by atoms with van der Waals surface area (Å²) in [6.45, 7) is 2.00. The van der Waals surface area contributed by atoms with E-state index in [0.717, 1.165) is 31.2 Å². The highest BCUT2D eigenvalue weighted by atomic mass is 127. The third-order valence-corrected chi connectivity index (χ3v) is 4.06. The first-order chi connectivity index (χ1) is 12.8. The van der Waals surface area contributed by atoms with Gasteiger partial charge in [-0.1, -0.05) is 0 Å². The fourth-order valence-electron chi connectivity index (χ4n) is 2.53. The highest BCUT2D eigenvalue weighted by Gasteiger charge is 2.30. The number of nitrogens with one attached hydrogen (secondary N) is 2. The smallest absolute Gasteiger partial charge is 0.370 e. The summed E-state index contributed by atoms with van der Waals surface area (Å²) in [4.78, 5) is 10.1. The minimum absolute atomic E-state index is 0. The highest BCUT2D eigenvalue weighted by molar-refractivity contribution is 14.0. The molecule has 2 rings (SSSR count). The van der Waals surface area contributed by atoms with Gasteiger partial charge in [-0.15, -0.1) is 24.0 Å². The van der Waals surface area contributed by atoms with Crippen LogP contribution in [0.3, 0.4) is 0 Å². The lowest BCUT2D eigenvalue weighted by Crippen LogP contribution is -2.39. The molecule has 0 aliphatic rings. The van der Waals surface area contributed by atoms with Crippen LogP contribution in [0.5, 0.6) is 0 Å². The number of hydrogen-bond donors (Lipinski definition) is 2. The Morgan fingerprint density at radius 1 is 1.25 bits per heavy atom. The molecule has 0 radical (unpaired) electrons. The van der Waals surface area contributed by atoms with Crippen molar-refractivity contribution >= 4 is 35.8 Å². The van der Waals surface area contributed by atoms with Crippen molar-refractivity contribution in [2.45, 2.75) is 19.1 Å². The Morgan fingerprint density at radius 2 is 2.00 bits per heavy atom. The molecule has 10 heteroatoms. The SMILES string of the molecule is CN=C(NCCCNc1ccc(C(F)(F)F)cn1)N(C)Cc1cccn1C.I. The first-order valence-electron chi connectivity index (χ1n) is 8.60. The van der Waals surface area contributed by atoms with E-state index in [9.17, 15) is 13.2 Å². The van der Waals surface area contributed by atoms with Crippen LogP contribution in [-0.4, -0.2) is 47.6 Å². The molecule has 0 saturated heterocycles. The number of guanidine groups is 1. The van der Waals surface area contributed by atoms with Crippen LogP contribution in [0.15, 0.2) is 41.7 Å². The van der Waals surface area contributed by atoms with Crippen molar-refractivity contribution in [3.8, 4) is 0 Å². The standard InChI is InChI=1S/C18H25F3N6.HI/c1-22-17(27(3)13-15-6-4-11-26(15)2)24-10-5-9-23-16-8-7-14(12-25-16)18(19,20)21;/h4,6-8,11-12H,5,9-10,13H2,1-3H3,(H,22,24)(H,23,25);1H. The van der Waals surface area contributed by atoms with Gasteiger partial charge in [-0.3, -0.25) is 4.99 Å². The molecule has 0 atom stereocenters. The third kappa shape index (κ3) is 7.21. The van der Waals surface area contributed by atoms with Crippen LogP contribution < -0.4 is 10.6 Å². The van der Waals surface area contributed by atoms with Crippen LogP contribution in [0, 0.1) is 0 Å². The summed E-state index contributed by atoms with van der Waals surface area (Å²) < 4.78 is 39.6. The average Bonchev–Trinajstić information content (AvgIpc) is 3.02. The Kier molecular flexibility index (Phi) is 9.56. The fourth-order valence-corrected chi connectivity index (χ4v) is 2.53. The number of aryl methyl sites for hydroxylation is 1. The van der Waals surface area contributed by atoms with Crippen molar-refractivity contribution in [2.24, 2.45) is 12.0 Å². The molecular weight excluding hydrogens is 484 g/mol. The van der Waals surface area contributed by atoms with E-state index in [1.54, 1.807) is 7.05 Å². The van der Waals surface area contributed by atoms with Crippen molar-refractivity contribution in [2.75, 3.05) is 32.5 Å². The van der Waals surface area contributed by atoms with Crippen LogP contribution in [0.25, 0.3) is 0 Å². The van der Waals surface area contributed by atoms with Gasteiger partial charge in [0.2, 0.25) is 0 Å². The molecule has 2 N–H and O–H groups in total. The van der Waals surface area contributed by atoms with Crippen LogP contribution in [0.2, 0.25) is 0 Å². The lowest BCUT2D eigenvalue weighted by atomic mass is 10.3. The van der Waals surface area contributed by atoms with E-state index in [4.69, 9.17) is 0 Å². The van der Waals surface area contributed by atoms with Gasteiger partial charge >= 0.3 is 6.18 Å². The first kappa shape index (κ1) is 24.1. The second-order valence-electron chi connectivity index (χ2n) is 6.15. The topological polar surface area (TPSA) is 57.5 Å². The van der Waals surface area contributed by atoms with E-state index in [2.05, 4.69) is 31.2 Å². The highest BCUT2D eigenvalue weighted by Crippen LogP contribution is 2.28. The zero-order valence-corrected chi connectivity index (χ0v) is 18.5. The quantitative estimate of drug-likeness (QED) is 0.259. The second-order valence-corrected chi connectivity index (χ2v) is 6.15. The van der Waals surface area contributed by atoms with Crippen molar-refractivity contribution in [1.29, 1.82) is 0 Å². The molecule has 6 nitrogen and oxygen atoms in total. The number of halogens is 4. The van der Waals surface area contributed by atoms with Crippen LogP contribution in [0.4, 0.5) is 19.0 Å². The van der Waals surface area contributed by atoms with E-state index in [0.29, 0.717) is 18.9 Å². The molecule has 2 heterocycles. The molecule has 0 aliphatic heterocycles. The summed E-state index contributed by atoms with van der Waals surface area (Å²) in [5.41, 5.74) is 0.426. The molecule has 0 saturated carbocycles. The maximum Gasteiger partial charge on any atom is 0.417 e. The zero-order chi connectivity index (χ0) is 19.9. The molecule has 2 aromatic heterocycles. The zero-order valence-electron chi connectivity index (χ0n) is 16.1. The monoisotopic (exact) mass is 510 g/mol. The van der Waals surface area contributed by atoms with E-state index in [1.807, 2.05) is 31.3 Å². The Balaban J connectivity index is 0.00000392. The lowest BCUT2D eigenvalue weighted by Gasteiger charge is -2.22. The van der Waals surface area contributed by atoms with Crippen molar-refractivity contribution in [1.82, 2.24) is 19.8 Å². The van der Waals surface area contributed by atoms with Gasteiger partial charge in [0.05, 0.1) is 12.1 Å². The number of pyridine rings is 1. The average molecular weight is 510 g/mol. The molecular formula is C18H26F3IN6. The van der Waals surface area contributed by atoms with Gasteiger partial charge in [0.25, 0.3) is 0 Å². The largest absolute Gasteiger partial charge is 0.417 e. The minimum atomic E-state index is -4.36. The Labute approximate surface area is 180 Å². The van der Waals surface area contributed by atoms with Crippen molar-refractivity contribution < 1.29 is 13.2 Å². The van der Waals surface area contributed by atoms with Crippen molar-refractivity contribution in [3.05, 3.63) is 47.9 Å². The molecule has 2 aromatic rings. The minimum Gasteiger partial charge on any atom is -0.370 e. The molecule has 28 heavy (non-hydrogen) atoms. The van der Waals surface area contributed by atoms with Gasteiger partial charge in [-0.25, -0.2) is 4.98 Å². The van der Waals surface area contributed by atoms with Gasteiger partial charge in [-0.05, 0) is 30.7 Å². The third-order valence-electron chi connectivity index (χ3n) is 4.06. The molecule has 0 aliphatic carbocycles. The number of rotatable bonds is 7. The molecule has 0 fully saturated rings. The number of aliphatic imine (C=N–C) groups is 1. The molecule has 0 aromatic carbocycles. The van der Waals surface area contributed by atoms with Gasteiger partial charge in [0.1, 0.15) is 5.82 Å². The lowest BCUT2D eigenvalue weighted by molar-refractivity contribution is -0.137. The van der Waals surface area contributed by atoms with E-state index < -0.39 is 11.7 Å². The van der Waals surface area contributed by atoms with Crippen LogP contribution >= 0.6 is 24.0 Å². The summed E-state index contributed by atoms with van der Waals surface area (Å²) in [6.07, 6.45) is -0.766. The van der Waals surface area contributed by atoms with Crippen LogP contribution in [-0.2, 0) is 19.8 Å². The number of alkyl halides is 3. The Hall–Kier alpha value is -1.98. The number of anilines is 1. The normalized spacial score (nSPS) is 11.7. The maximum absolute atomic E-state index is 12.5. The van der Waals surface area contributed by atoms with Gasteiger partial charge in [-0.2, -0.15) is 13.2 Å². The molecule has 0 spiro atoms. The molecule has 0 amide bonds. The maximum atomic E-state index is 12.5. The number of nitrogens with zero attached hydrogens (tertiary/aromatic N) is 4. The summed E-state index contributed by atoms with van der Waals surface area (Å²) in [6, 6.07) is 6.42. The van der Waals surface area contributed by atoms with E-state index in [-0.39, 0.29) is 24.0 Å². The number of aromatic nitrogens is 2. The van der Waals surface area contributed by atoms with E-state index in [1.165, 1.54) is 11.8 Å². The fraction of sp³-hybridized carbons (Fsp3) is 0.444. The summed E-state index contributed by atoms with van der Waals surface area (Å²) in [7, 11) is 5.70. The predicted octanol–water partition coefficient (Wildman–Crippen LogP) is 3.57. The predicted molar refractivity (Wildman–Crippen MR) is 116 cm³/mol. The van der Waals surface area contributed by atoms with Gasteiger partial charge in [0.15, 0.2) is 5.96 Å². The van der Waals surface area contributed by atoms with Gasteiger partial charge in [0, 0.05) is 52.3 Å². The summed E-state index contributed by atoms with van der Waals surface area (Å²) in [5, 5.41) is 6.29. The molecule has 156 valence electrons. The summed E-state index contributed by atoms with van der Waals surface area (Å²) >= 11 is 0. The van der Waals surface area contributed by atoms with Crippen LogP contribution in [0.1, 0.15) is 17.7 Å². The molecule has 0 bridgehead atoms. The second kappa shape index (κ2) is 11.1. The first-order valence-corrected chi connectivity index (χ1v) is 8.60.